The molecule has 0 spiro atoms. The van der Waals surface area contributed by atoms with Crippen molar-refractivity contribution < 1.29 is 0 Å². The zero-order valence-corrected chi connectivity index (χ0v) is 39.7. The summed E-state index contributed by atoms with van der Waals surface area (Å²) in [5, 5.41) is 0. The number of hydrogen-bond donors (Lipinski definition) is 0. The van der Waals surface area contributed by atoms with Crippen LogP contribution in [0.5, 0.6) is 0 Å². The van der Waals surface area contributed by atoms with E-state index in [-0.39, 0.29) is 10.8 Å². The molecule has 7 aromatic rings. The average Bonchev–Trinajstić information content (AvgIpc) is 3.51. The van der Waals surface area contributed by atoms with Crippen LogP contribution in [0.15, 0.2) is 180 Å². The Kier molecular flexibility index (Phi) is 9.63. The third kappa shape index (κ3) is 6.53. The van der Waals surface area contributed by atoms with Crippen LogP contribution in [0.25, 0.3) is 34.9 Å². The SMILES string of the molecule is CC(C)CC1=Cc2ccccc2N(c2ccc3c(c2)C(C)(C)c2cc(C=Cc4ccc5c(c4)C(C)(C)C4C=C(N6c7ccccc7CSc7ccccc76)C=CC54)ccc2-3)c2ccccc21. The zero-order chi connectivity index (χ0) is 44.9. The molecular weight excluding hydrogens is 817 g/mol. The van der Waals surface area contributed by atoms with Gasteiger partial charge in [-0.25, -0.2) is 0 Å². The van der Waals surface area contributed by atoms with Gasteiger partial charge in [-0.3, -0.25) is 0 Å². The monoisotopic (exact) mass is 872 g/mol. The summed E-state index contributed by atoms with van der Waals surface area (Å²) in [5.41, 5.74) is 23.5. The topological polar surface area (TPSA) is 6.48 Å². The fourth-order valence-electron chi connectivity index (χ4n) is 11.9. The molecule has 324 valence electrons. The highest BCUT2D eigenvalue weighted by Crippen LogP contribution is 2.56. The van der Waals surface area contributed by atoms with Crippen molar-refractivity contribution in [1.29, 1.82) is 0 Å². The maximum atomic E-state index is 2.57. The van der Waals surface area contributed by atoms with Gasteiger partial charge in [0.15, 0.2) is 0 Å². The summed E-state index contributed by atoms with van der Waals surface area (Å²) in [4.78, 5) is 6.33. The smallest absolute Gasteiger partial charge is 0.0597 e. The van der Waals surface area contributed by atoms with Crippen LogP contribution in [0.1, 0.15) is 104 Å². The van der Waals surface area contributed by atoms with E-state index in [4.69, 9.17) is 0 Å². The molecule has 3 heteroatoms. The standard InChI is InChI=1S/C63H56N2S/c1-40(2)33-45-36-43-15-7-10-18-57(43)64(59-20-12-9-17-48(45)59)46-27-31-51-49-29-25-41(34-53(49)62(3,4)55(51)37-46)23-24-42-26-30-50-52-32-28-47(38-56(52)63(5,6)54(50)35-42)65-58-19-11-8-16-44(58)39-66-61-22-14-13-21-60(61)65/h7-32,34-38,40,52,56H,33,39H2,1-6H3. The van der Waals surface area contributed by atoms with Gasteiger partial charge in [0.05, 0.1) is 22.7 Å². The van der Waals surface area contributed by atoms with Crippen molar-refractivity contribution in [1.82, 2.24) is 0 Å². The van der Waals surface area contributed by atoms with E-state index >= 15 is 0 Å². The quantitative estimate of drug-likeness (QED) is 0.154. The molecule has 5 aliphatic rings. The van der Waals surface area contributed by atoms with Gasteiger partial charge < -0.3 is 9.80 Å². The van der Waals surface area contributed by atoms with Gasteiger partial charge in [0.2, 0.25) is 0 Å². The number of para-hydroxylation sites is 4. The largest absolute Gasteiger partial charge is 0.309 e. The predicted octanol–water partition coefficient (Wildman–Crippen LogP) is 17.4. The summed E-state index contributed by atoms with van der Waals surface area (Å²) in [6, 6.07) is 57.2. The third-order valence-electron chi connectivity index (χ3n) is 15.2. The van der Waals surface area contributed by atoms with Crippen LogP contribution in [-0.2, 0) is 16.6 Å². The molecular formula is C63H56N2S. The first-order chi connectivity index (χ1) is 32.0. The van der Waals surface area contributed by atoms with E-state index in [9.17, 15) is 0 Å². The maximum absolute atomic E-state index is 2.57. The van der Waals surface area contributed by atoms with Gasteiger partial charge >= 0.3 is 0 Å². The van der Waals surface area contributed by atoms with E-state index < -0.39 is 0 Å². The maximum Gasteiger partial charge on any atom is 0.0597 e. The van der Waals surface area contributed by atoms with Crippen LogP contribution in [0, 0.1) is 11.8 Å². The van der Waals surface area contributed by atoms with Gasteiger partial charge in [-0.05, 0) is 139 Å². The minimum absolute atomic E-state index is 0.0356. The van der Waals surface area contributed by atoms with Crippen molar-refractivity contribution in [2.45, 2.75) is 75.4 Å². The fourth-order valence-corrected chi connectivity index (χ4v) is 12.9. The second-order valence-corrected chi connectivity index (χ2v) is 21.5. The van der Waals surface area contributed by atoms with Crippen LogP contribution in [0.3, 0.4) is 0 Å². The Morgan fingerprint density at radius 2 is 1.27 bits per heavy atom. The summed E-state index contributed by atoms with van der Waals surface area (Å²) in [6.45, 7) is 14.3. The molecule has 0 N–H and O–H groups in total. The van der Waals surface area contributed by atoms with Gasteiger partial charge in [0.1, 0.15) is 0 Å². The van der Waals surface area contributed by atoms with Crippen molar-refractivity contribution in [3.05, 3.63) is 226 Å². The highest BCUT2D eigenvalue weighted by molar-refractivity contribution is 7.98. The van der Waals surface area contributed by atoms with Crippen LogP contribution in [0.4, 0.5) is 28.4 Å². The number of anilines is 5. The molecule has 2 unspecified atom stereocenters. The summed E-state index contributed by atoms with van der Waals surface area (Å²) < 4.78 is 0. The Balaban J connectivity index is 0.838. The molecule has 0 bridgehead atoms. The van der Waals surface area contributed by atoms with E-state index in [1.165, 1.54) is 106 Å². The lowest BCUT2D eigenvalue weighted by Crippen LogP contribution is -2.28. The lowest BCUT2D eigenvalue weighted by Gasteiger charge is -2.35. The number of nitrogens with zero attached hydrogens (tertiary/aromatic N) is 2. The molecule has 2 heterocycles. The summed E-state index contributed by atoms with van der Waals surface area (Å²) in [6.07, 6.45) is 15.5. The van der Waals surface area contributed by atoms with E-state index in [0.29, 0.717) is 17.8 Å². The lowest BCUT2D eigenvalue weighted by molar-refractivity contribution is 0.392. The van der Waals surface area contributed by atoms with Crippen molar-refractivity contribution in [3.63, 3.8) is 0 Å². The normalized spacial score (nSPS) is 19.1. The molecule has 0 saturated heterocycles. The summed E-state index contributed by atoms with van der Waals surface area (Å²) in [5.74, 6) is 2.24. The van der Waals surface area contributed by atoms with Gasteiger partial charge in [-0.2, -0.15) is 0 Å². The molecule has 0 amide bonds. The van der Waals surface area contributed by atoms with Crippen LogP contribution >= 0.6 is 11.8 Å². The Hall–Kier alpha value is -6.55. The first-order valence-corrected chi connectivity index (χ1v) is 24.8. The number of fused-ring (bicyclic) bond motifs is 10. The van der Waals surface area contributed by atoms with Gasteiger partial charge in [-0.15, -0.1) is 11.8 Å². The van der Waals surface area contributed by atoms with Crippen LogP contribution in [-0.4, -0.2) is 0 Å². The first-order valence-electron chi connectivity index (χ1n) is 23.9. The Bertz CT molecular complexity index is 3200. The van der Waals surface area contributed by atoms with Gasteiger partial charge in [-0.1, -0.05) is 175 Å². The first kappa shape index (κ1) is 40.9. The molecule has 2 aliphatic heterocycles. The number of hydrogen-bond acceptors (Lipinski definition) is 3. The molecule has 12 rings (SSSR count). The van der Waals surface area contributed by atoms with Crippen molar-refractivity contribution in [2.75, 3.05) is 9.80 Å². The summed E-state index contributed by atoms with van der Waals surface area (Å²) in [7, 11) is 0. The van der Waals surface area contributed by atoms with E-state index in [0.717, 1.165) is 12.2 Å². The number of benzene rings is 7. The van der Waals surface area contributed by atoms with Crippen molar-refractivity contribution in [3.8, 4) is 11.1 Å². The molecule has 2 nitrogen and oxygen atoms in total. The van der Waals surface area contributed by atoms with Gasteiger partial charge in [0, 0.05) is 38.9 Å². The summed E-state index contributed by atoms with van der Waals surface area (Å²) >= 11 is 1.94. The zero-order valence-electron chi connectivity index (χ0n) is 38.8. The second-order valence-electron chi connectivity index (χ2n) is 20.5. The molecule has 0 radical (unpaired) electrons. The number of rotatable bonds is 6. The lowest BCUT2D eigenvalue weighted by atomic mass is 9.74. The Labute approximate surface area is 395 Å². The van der Waals surface area contributed by atoms with Crippen molar-refractivity contribution >= 4 is 64.0 Å². The van der Waals surface area contributed by atoms with Gasteiger partial charge in [0.25, 0.3) is 0 Å². The Morgan fingerprint density at radius 1 is 0.621 bits per heavy atom. The number of thioether (sulfide) groups is 1. The minimum atomic E-state index is -0.166. The molecule has 7 aromatic carbocycles. The molecule has 0 fully saturated rings. The molecule has 2 atom stereocenters. The predicted molar refractivity (Wildman–Crippen MR) is 282 cm³/mol. The van der Waals surface area contributed by atoms with E-state index in [1.807, 2.05) is 11.8 Å². The average molecular weight is 873 g/mol. The molecule has 0 saturated carbocycles. The van der Waals surface area contributed by atoms with E-state index in [2.05, 4.69) is 239 Å². The molecule has 66 heavy (non-hydrogen) atoms. The van der Waals surface area contributed by atoms with Crippen LogP contribution < -0.4 is 9.80 Å². The number of allylic oxidation sites excluding steroid dienone is 4. The molecule has 3 aliphatic carbocycles. The van der Waals surface area contributed by atoms with Crippen LogP contribution in [0.2, 0.25) is 0 Å². The molecule has 0 aromatic heterocycles. The Morgan fingerprint density at radius 3 is 2.08 bits per heavy atom. The highest BCUT2D eigenvalue weighted by Gasteiger charge is 2.46. The third-order valence-corrected chi connectivity index (χ3v) is 16.3. The second kappa shape index (κ2) is 15.5. The minimum Gasteiger partial charge on any atom is -0.309 e. The van der Waals surface area contributed by atoms with Crippen molar-refractivity contribution in [2.24, 2.45) is 11.8 Å². The highest BCUT2D eigenvalue weighted by atomic mass is 32.2. The van der Waals surface area contributed by atoms with E-state index in [1.54, 1.807) is 0 Å². The fraction of sp³-hybridized carbons (Fsp3) is 0.206.